The van der Waals surface area contributed by atoms with Crippen LogP contribution in [-0.2, 0) is 22.4 Å². The smallest absolute Gasteiger partial charge is 0.249 e. The standard InChI is InChI=1S/C26H28N4O3S/c27-26(31)22-15-23(24-4-2-19(34-24)16-29-5-9-32-10-6-29)28-25-20-3-1-18(13-17(20)14-21(22)25)30-7-11-33-12-8-30/h1-4,13,15H,5-12,14,16H2,(H2,27,31). The maximum atomic E-state index is 12.4. The molecule has 4 heterocycles. The molecule has 3 aromatic rings. The van der Waals surface area contributed by atoms with Crippen LogP contribution >= 0.6 is 11.3 Å². The van der Waals surface area contributed by atoms with Crippen molar-refractivity contribution in [2.45, 2.75) is 13.0 Å². The lowest BCUT2D eigenvalue weighted by Gasteiger charge is -2.29. The number of rotatable bonds is 5. The van der Waals surface area contributed by atoms with Gasteiger partial charge in [0.1, 0.15) is 0 Å². The quantitative estimate of drug-likeness (QED) is 0.477. The number of amides is 1. The van der Waals surface area contributed by atoms with E-state index < -0.39 is 5.91 Å². The summed E-state index contributed by atoms with van der Waals surface area (Å²) in [6.45, 7) is 7.70. The molecule has 34 heavy (non-hydrogen) atoms. The highest BCUT2D eigenvalue weighted by molar-refractivity contribution is 7.15. The van der Waals surface area contributed by atoms with E-state index in [4.69, 9.17) is 20.2 Å². The van der Waals surface area contributed by atoms with Crippen molar-refractivity contribution in [3.63, 3.8) is 0 Å². The molecule has 2 aliphatic heterocycles. The Labute approximate surface area is 203 Å². The van der Waals surface area contributed by atoms with Gasteiger partial charge in [-0.25, -0.2) is 4.98 Å². The Bertz CT molecular complexity index is 1230. The zero-order chi connectivity index (χ0) is 23.1. The van der Waals surface area contributed by atoms with Crippen LogP contribution in [0.3, 0.4) is 0 Å². The lowest BCUT2D eigenvalue weighted by Crippen LogP contribution is -2.36. The van der Waals surface area contributed by atoms with Crippen molar-refractivity contribution in [2.24, 2.45) is 5.73 Å². The molecule has 0 atom stereocenters. The summed E-state index contributed by atoms with van der Waals surface area (Å²) < 4.78 is 11.0. The first-order chi connectivity index (χ1) is 16.7. The van der Waals surface area contributed by atoms with E-state index in [1.54, 1.807) is 11.3 Å². The molecule has 0 spiro atoms. The third-order valence-corrected chi connectivity index (χ3v) is 7.97. The Balaban J connectivity index is 1.32. The first kappa shape index (κ1) is 21.7. The molecule has 2 aromatic heterocycles. The van der Waals surface area contributed by atoms with Gasteiger partial charge in [0.2, 0.25) is 5.91 Å². The van der Waals surface area contributed by atoms with E-state index >= 15 is 0 Å². The number of pyridine rings is 1. The van der Waals surface area contributed by atoms with Crippen molar-refractivity contribution in [1.82, 2.24) is 9.88 Å². The number of carbonyl (C=O) groups is 1. The number of hydrogen-bond acceptors (Lipinski definition) is 7. The van der Waals surface area contributed by atoms with Crippen molar-refractivity contribution < 1.29 is 14.3 Å². The summed E-state index contributed by atoms with van der Waals surface area (Å²) in [4.78, 5) is 24.6. The van der Waals surface area contributed by atoms with Gasteiger partial charge in [0, 0.05) is 60.8 Å². The van der Waals surface area contributed by atoms with Crippen LogP contribution in [0.5, 0.6) is 0 Å². The highest BCUT2D eigenvalue weighted by atomic mass is 32.1. The third kappa shape index (κ3) is 4.11. The Morgan fingerprint density at radius 1 is 1.00 bits per heavy atom. The van der Waals surface area contributed by atoms with Gasteiger partial charge in [-0.2, -0.15) is 0 Å². The minimum absolute atomic E-state index is 0.397. The molecule has 3 aliphatic rings. The van der Waals surface area contributed by atoms with Gasteiger partial charge in [-0.15, -0.1) is 11.3 Å². The normalized spacial score (nSPS) is 18.1. The highest BCUT2D eigenvalue weighted by Crippen LogP contribution is 2.41. The molecule has 2 fully saturated rings. The largest absolute Gasteiger partial charge is 0.379 e. The number of aromatic nitrogens is 1. The van der Waals surface area contributed by atoms with Crippen LogP contribution in [0, 0.1) is 0 Å². The molecule has 6 rings (SSSR count). The van der Waals surface area contributed by atoms with Gasteiger partial charge in [-0.05, 0) is 41.5 Å². The molecule has 2 N–H and O–H groups in total. The molecule has 8 heteroatoms. The second kappa shape index (κ2) is 9.11. The van der Waals surface area contributed by atoms with Crippen LogP contribution in [0.2, 0.25) is 0 Å². The molecule has 0 unspecified atom stereocenters. The van der Waals surface area contributed by atoms with Crippen LogP contribution < -0.4 is 10.6 Å². The molecule has 7 nitrogen and oxygen atoms in total. The first-order valence-corrected chi connectivity index (χ1v) is 12.7. The van der Waals surface area contributed by atoms with E-state index in [9.17, 15) is 4.79 Å². The summed E-state index contributed by atoms with van der Waals surface area (Å²) in [6.07, 6.45) is 0.682. The summed E-state index contributed by atoms with van der Waals surface area (Å²) in [5.41, 5.74) is 12.6. The van der Waals surface area contributed by atoms with E-state index in [0.717, 1.165) is 86.5 Å². The van der Waals surface area contributed by atoms with Crippen molar-refractivity contribution in [3.8, 4) is 21.8 Å². The van der Waals surface area contributed by atoms with Gasteiger partial charge in [0.25, 0.3) is 0 Å². The number of morpholine rings is 2. The van der Waals surface area contributed by atoms with Gasteiger partial charge >= 0.3 is 0 Å². The summed E-state index contributed by atoms with van der Waals surface area (Å²) in [6, 6.07) is 12.7. The third-order valence-electron chi connectivity index (χ3n) is 6.87. The minimum Gasteiger partial charge on any atom is -0.379 e. The van der Waals surface area contributed by atoms with Crippen molar-refractivity contribution in [1.29, 1.82) is 0 Å². The zero-order valence-electron chi connectivity index (χ0n) is 19.1. The van der Waals surface area contributed by atoms with Crippen molar-refractivity contribution in [2.75, 3.05) is 57.5 Å². The summed E-state index contributed by atoms with van der Waals surface area (Å²) in [5, 5.41) is 0. The number of thiophene rings is 1. The summed E-state index contributed by atoms with van der Waals surface area (Å²) >= 11 is 1.73. The fourth-order valence-electron chi connectivity index (χ4n) is 5.07. The van der Waals surface area contributed by atoms with Gasteiger partial charge in [-0.3, -0.25) is 9.69 Å². The molecule has 0 radical (unpaired) electrons. The van der Waals surface area contributed by atoms with E-state index in [1.165, 1.54) is 16.1 Å². The molecule has 1 amide bonds. The van der Waals surface area contributed by atoms with E-state index in [-0.39, 0.29) is 0 Å². The summed E-state index contributed by atoms with van der Waals surface area (Å²) in [7, 11) is 0. The molecule has 0 bridgehead atoms. The van der Waals surface area contributed by atoms with Crippen LogP contribution in [0.15, 0.2) is 36.4 Å². The van der Waals surface area contributed by atoms with Crippen molar-refractivity contribution >= 4 is 22.9 Å². The molecule has 0 saturated carbocycles. The zero-order valence-corrected chi connectivity index (χ0v) is 19.9. The van der Waals surface area contributed by atoms with E-state index in [0.29, 0.717) is 12.0 Å². The fourth-order valence-corrected chi connectivity index (χ4v) is 6.08. The molecular weight excluding hydrogens is 448 g/mol. The van der Waals surface area contributed by atoms with Gasteiger partial charge in [-0.1, -0.05) is 6.07 Å². The lowest BCUT2D eigenvalue weighted by atomic mass is 10.0. The first-order valence-electron chi connectivity index (χ1n) is 11.8. The van der Waals surface area contributed by atoms with Crippen molar-refractivity contribution in [3.05, 3.63) is 58.0 Å². The van der Waals surface area contributed by atoms with Crippen LogP contribution in [0.4, 0.5) is 5.69 Å². The number of nitrogens with two attached hydrogens (primary N) is 1. The molecular formula is C26H28N4O3S. The van der Waals surface area contributed by atoms with Crippen LogP contribution in [0.25, 0.3) is 21.8 Å². The Morgan fingerprint density at radius 3 is 2.53 bits per heavy atom. The maximum absolute atomic E-state index is 12.4. The Morgan fingerprint density at radius 2 is 1.76 bits per heavy atom. The minimum atomic E-state index is -0.397. The van der Waals surface area contributed by atoms with Crippen LogP contribution in [-0.4, -0.2) is 68.4 Å². The van der Waals surface area contributed by atoms with Crippen LogP contribution in [0.1, 0.15) is 26.4 Å². The predicted molar refractivity (Wildman–Crippen MR) is 133 cm³/mol. The lowest BCUT2D eigenvalue weighted by molar-refractivity contribution is 0.0346. The number of carbonyl (C=O) groups excluding carboxylic acids is 1. The average molecular weight is 477 g/mol. The number of benzene rings is 1. The SMILES string of the molecule is NC(=O)c1cc(-c2ccc(CN3CCOCC3)s2)nc2c1Cc1cc(N3CCOCC3)ccc1-2. The second-order valence-electron chi connectivity index (χ2n) is 9.02. The number of nitrogens with zero attached hydrogens (tertiary/aromatic N) is 3. The Kier molecular flexibility index (Phi) is 5.82. The topological polar surface area (TPSA) is 80.9 Å². The molecule has 1 aliphatic carbocycles. The number of hydrogen-bond donors (Lipinski definition) is 1. The highest BCUT2D eigenvalue weighted by Gasteiger charge is 2.27. The maximum Gasteiger partial charge on any atom is 0.249 e. The molecule has 2 saturated heterocycles. The van der Waals surface area contributed by atoms with E-state index in [2.05, 4.69) is 40.1 Å². The Hall–Kier alpha value is -2.78. The average Bonchev–Trinajstić information content (AvgIpc) is 3.48. The number of fused-ring (bicyclic) bond motifs is 3. The monoisotopic (exact) mass is 476 g/mol. The molecule has 176 valence electrons. The fraction of sp³-hybridized carbons (Fsp3) is 0.385. The summed E-state index contributed by atoms with van der Waals surface area (Å²) in [5.74, 6) is -0.397. The van der Waals surface area contributed by atoms with Gasteiger partial charge in [0.05, 0.1) is 42.7 Å². The number of anilines is 1. The van der Waals surface area contributed by atoms with Gasteiger partial charge in [0.15, 0.2) is 0 Å². The van der Waals surface area contributed by atoms with E-state index in [1.807, 2.05) is 6.07 Å². The number of primary amides is 1. The van der Waals surface area contributed by atoms with Gasteiger partial charge < -0.3 is 20.1 Å². The predicted octanol–water partition coefficient (Wildman–Crippen LogP) is 3.15. The second-order valence-corrected chi connectivity index (χ2v) is 10.2. The molecule has 1 aromatic carbocycles. The number of ether oxygens (including phenoxy) is 2.